The van der Waals surface area contributed by atoms with E-state index in [0.717, 1.165) is 15.7 Å². The van der Waals surface area contributed by atoms with E-state index in [1.54, 1.807) is 17.6 Å². The maximum atomic E-state index is 4.24. The zero-order valence-corrected chi connectivity index (χ0v) is 6.93. The van der Waals surface area contributed by atoms with Gasteiger partial charge in [-0.2, -0.15) is 0 Å². The molecule has 0 amide bonds. The van der Waals surface area contributed by atoms with Crippen molar-refractivity contribution in [2.45, 2.75) is 6.92 Å². The molecule has 0 aromatic carbocycles. The van der Waals surface area contributed by atoms with Crippen molar-refractivity contribution in [3.63, 3.8) is 0 Å². The van der Waals surface area contributed by atoms with Crippen molar-refractivity contribution in [1.29, 1.82) is 0 Å². The van der Waals surface area contributed by atoms with Crippen LogP contribution in [-0.4, -0.2) is 24.0 Å². The molecule has 1 aliphatic rings. The molecular weight excluding hydrogens is 158 g/mol. The number of aryl methyl sites for hydroxylation is 1. The van der Waals surface area contributed by atoms with E-state index in [1.807, 2.05) is 13.1 Å². The van der Waals surface area contributed by atoms with E-state index in [2.05, 4.69) is 15.0 Å². The van der Waals surface area contributed by atoms with Gasteiger partial charge in [-0.15, -0.1) is 11.3 Å². The summed E-state index contributed by atoms with van der Waals surface area (Å²) >= 11 is 1.63. The van der Waals surface area contributed by atoms with Gasteiger partial charge in [0.2, 0.25) is 0 Å². The lowest BCUT2D eigenvalue weighted by Crippen LogP contribution is -1.77. The van der Waals surface area contributed by atoms with Crippen LogP contribution in [0.2, 0.25) is 0 Å². The molecule has 3 nitrogen and oxygen atoms in total. The van der Waals surface area contributed by atoms with Gasteiger partial charge in [-0.25, -0.2) is 9.98 Å². The molecule has 11 heavy (non-hydrogen) atoms. The Bertz CT molecular complexity index is 295. The summed E-state index contributed by atoms with van der Waals surface area (Å²) in [5, 5.41) is 1.04. The minimum atomic E-state index is 0.669. The van der Waals surface area contributed by atoms with E-state index >= 15 is 0 Å². The monoisotopic (exact) mass is 165 g/mol. The maximum absolute atomic E-state index is 4.24. The molecule has 0 saturated heterocycles. The minimum absolute atomic E-state index is 0.669. The van der Waals surface area contributed by atoms with Gasteiger partial charge < -0.3 is 0 Å². The van der Waals surface area contributed by atoms with E-state index in [9.17, 15) is 0 Å². The number of nitrogens with zero attached hydrogens (tertiary/aromatic N) is 3. The summed E-state index contributed by atoms with van der Waals surface area (Å²) in [7, 11) is 0. The molecule has 0 saturated carbocycles. The molecule has 1 aromatic heterocycles. The van der Waals surface area contributed by atoms with Gasteiger partial charge in [0, 0.05) is 12.4 Å². The lowest BCUT2D eigenvalue weighted by Gasteiger charge is -1.81. The van der Waals surface area contributed by atoms with Crippen LogP contribution >= 0.6 is 11.3 Å². The van der Waals surface area contributed by atoms with Crippen LogP contribution in [0.1, 0.15) is 9.88 Å². The number of rotatable bonds is 0. The SMILES string of the molecule is Cc1nc2c(s1)C=NCC=N2. The molecule has 1 aliphatic heterocycles. The van der Waals surface area contributed by atoms with E-state index in [1.165, 1.54) is 0 Å². The van der Waals surface area contributed by atoms with E-state index in [-0.39, 0.29) is 0 Å². The van der Waals surface area contributed by atoms with Crippen LogP contribution in [-0.2, 0) is 0 Å². The molecule has 0 radical (unpaired) electrons. The summed E-state index contributed by atoms with van der Waals surface area (Å²) in [6.45, 7) is 2.64. The maximum Gasteiger partial charge on any atom is 0.171 e. The van der Waals surface area contributed by atoms with Gasteiger partial charge >= 0.3 is 0 Å². The number of hydrogen-bond acceptors (Lipinski definition) is 4. The predicted octanol–water partition coefficient (Wildman–Crippen LogP) is 1.59. The van der Waals surface area contributed by atoms with Crippen LogP contribution in [0.3, 0.4) is 0 Å². The van der Waals surface area contributed by atoms with Gasteiger partial charge in [0.25, 0.3) is 0 Å². The van der Waals surface area contributed by atoms with Gasteiger partial charge in [-0.3, -0.25) is 4.99 Å². The summed E-state index contributed by atoms with van der Waals surface area (Å²) in [5.74, 6) is 0.814. The summed E-state index contributed by atoms with van der Waals surface area (Å²) < 4.78 is 0. The Kier molecular flexibility index (Phi) is 1.54. The second kappa shape index (κ2) is 2.54. The Balaban J connectivity index is 2.56. The minimum Gasteiger partial charge on any atom is -0.286 e. The zero-order chi connectivity index (χ0) is 7.68. The Morgan fingerprint density at radius 3 is 3.36 bits per heavy atom. The van der Waals surface area contributed by atoms with Gasteiger partial charge in [-0.05, 0) is 6.92 Å². The highest BCUT2D eigenvalue weighted by Crippen LogP contribution is 2.23. The van der Waals surface area contributed by atoms with Gasteiger partial charge in [-0.1, -0.05) is 0 Å². The first-order valence-corrected chi connectivity index (χ1v) is 4.18. The van der Waals surface area contributed by atoms with Crippen molar-refractivity contribution in [2.24, 2.45) is 9.98 Å². The fraction of sp³-hybridized carbons (Fsp3) is 0.286. The summed E-state index contributed by atoms with van der Waals surface area (Å²) in [5.41, 5.74) is 0. The van der Waals surface area contributed by atoms with Crippen LogP contribution in [0.15, 0.2) is 9.98 Å². The van der Waals surface area contributed by atoms with Crippen LogP contribution in [0.5, 0.6) is 0 Å². The Hall–Kier alpha value is -1.03. The Morgan fingerprint density at radius 1 is 1.55 bits per heavy atom. The average Bonchev–Trinajstić information content (AvgIpc) is 2.17. The fourth-order valence-electron chi connectivity index (χ4n) is 0.918. The number of fused-ring (bicyclic) bond motifs is 1. The largest absolute Gasteiger partial charge is 0.286 e. The fourth-order valence-corrected chi connectivity index (χ4v) is 1.69. The molecule has 0 unspecified atom stereocenters. The normalized spacial score (nSPS) is 14.6. The van der Waals surface area contributed by atoms with E-state index < -0.39 is 0 Å². The molecule has 56 valence electrons. The van der Waals surface area contributed by atoms with Gasteiger partial charge in [0.15, 0.2) is 5.82 Å². The number of aliphatic imine (C=N–C) groups is 2. The number of hydrogen-bond donors (Lipinski definition) is 0. The average molecular weight is 165 g/mol. The van der Waals surface area contributed by atoms with Crippen molar-refractivity contribution >= 4 is 29.6 Å². The molecule has 1 aromatic rings. The molecule has 2 heterocycles. The van der Waals surface area contributed by atoms with Crippen molar-refractivity contribution in [2.75, 3.05) is 6.54 Å². The zero-order valence-electron chi connectivity index (χ0n) is 6.11. The molecule has 2 rings (SSSR count). The first-order valence-electron chi connectivity index (χ1n) is 3.36. The standard InChI is InChI=1S/C7H7N3S/c1-5-10-7-6(11-5)4-8-2-3-9-7/h3-4H,2H2,1H3. The molecule has 0 fully saturated rings. The van der Waals surface area contributed by atoms with Crippen LogP contribution in [0.25, 0.3) is 0 Å². The second-order valence-electron chi connectivity index (χ2n) is 2.23. The quantitative estimate of drug-likeness (QED) is 0.575. The first kappa shape index (κ1) is 6.67. The van der Waals surface area contributed by atoms with Crippen molar-refractivity contribution in [3.8, 4) is 0 Å². The topological polar surface area (TPSA) is 37.6 Å². The van der Waals surface area contributed by atoms with E-state index in [0.29, 0.717) is 6.54 Å². The molecule has 0 bridgehead atoms. The molecule has 0 aliphatic carbocycles. The van der Waals surface area contributed by atoms with E-state index in [4.69, 9.17) is 0 Å². The lowest BCUT2D eigenvalue weighted by atomic mass is 10.5. The molecular formula is C7H7N3S. The van der Waals surface area contributed by atoms with Crippen LogP contribution in [0, 0.1) is 6.92 Å². The molecule has 0 N–H and O–H groups in total. The number of aromatic nitrogens is 1. The summed E-state index contributed by atoms with van der Waals surface area (Å²) in [6.07, 6.45) is 3.62. The predicted molar refractivity (Wildman–Crippen MR) is 47.5 cm³/mol. The molecule has 0 atom stereocenters. The lowest BCUT2D eigenvalue weighted by molar-refractivity contribution is 1.26. The third-order valence-corrected chi connectivity index (χ3v) is 2.25. The first-order chi connectivity index (χ1) is 5.36. The highest BCUT2D eigenvalue weighted by Gasteiger charge is 2.05. The van der Waals surface area contributed by atoms with Gasteiger partial charge in [0.05, 0.1) is 16.4 Å². The third-order valence-electron chi connectivity index (χ3n) is 1.35. The highest BCUT2D eigenvalue weighted by molar-refractivity contribution is 7.13. The molecule has 0 spiro atoms. The van der Waals surface area contributed by atoms with Crippen molar-refractivity contribution in [1.82, 2.24) is 4.98 Å². The van der Waals surface area contributed by atoms with Crippen LogP contribution in [0.4, 0.5) is 5.82 Å². The highest BCUT2D eigenvalue weighted by atomic mass is 32.1. The smallest absolute Gasteiger partial charge is 0.171 e. The van der Waals surface area contributed by atoms with Crippen molar-refractivity contribution in [3.05, 3.63) is 9.88 Å². The number of thiazole rings is 1. The molecule has 4 heteroatoms. The second-order valence-corrected chi connectivity index (χ2v) is 3.46. The Labute approximate surface area is 68.5 Å². The van der Waals surface area contributed by atoms with Crippen LogP contribution < -0.4 is 0 Å². The third kappa shape index (κ3) is 1.21. The van der Waals surface area contributed by atoms with Crippen molar-refractivity contribution < 1.29 is 0 Å². The Morgan fingerprint density at radius 2 is 2.45 bits per heavy atom. The summed E-state index contributed by atoms with van der Waals surface area (Å²) in [4.78, 5) is 13.6. The summed E-state index contributed by atoms with van der Waals surface area (Å²) in [6, 6.07) is 0. The van der Waals surface area contributed by atoms with Gasteiger partial charge in [0.1, 0.15) is 0 Å².